The van der Waals surface area contributed by atoms with Crippen LogP contribution >= 0.6 is 0 Å². The van der Waals surface area contributed by atoms with Crippen LogP contribution in [0.2, 0.25) is 0 Å². The summed E-state index contributed by atoms with van der Waals surface area (Å²) < 4.78 is 18.9. The van der Waals surface area contributed by atoms with Gasteiger partial charge in [0.2, 0.25) is 5.76 Å². The zero-order valence-electron chi connectivity index (χ0n) is 13.5. The lowest BCUT2D eigenvalue weighted by Gasteiger charge is -2.06. The second-order valence-electron chi connectivity index (χ2n) is 5.46. The normalized spacial score (nSPS) is 10.8. The van der Waals surface area contributed by atoms with Crippen molar-refractivity contribution in [2.24, 2.45) is 0 Å². The van der Waals surface area contributed by atoms with Crippen molar-refractivity contribution >= 4 is 17.6 Å². The fourth-order valence-electron chi connectivity index (χ4n) is 2.42. The molecule has 2 aromatic rings. The fraction of sp³-hybridized carbons (Fsp3) is 0.353. The van der Waals surface area contributed by atoms with Crippen LogP contribution in [0, 0.1) is 5.82 Å². The molecule has 0 aliphatic carbocycles. The van der Waals surface area contributed by atoms with Crippen molar-refractivity contribution in [3.8, 4) is 0 Å². The Morgan fingerprint density at radius 1 is 1.29 bits per heavy atom. The second-order valence-corrected chi connectivity index (χ2v) is 5.46. The first-order chi connectivity index (χ1) is 11.4. The molecule has 1 amide bonds. The van der Waals surface area contributed by atoms with Gasteiger partial charge < -0.3 is 14.9 Å². The third kappa shape index (κ3) is 4.18. The first-order valence-corrected chi connectivity index (χ1v) is 7.72. The Morgan fingerprint density at radius 2 is 2.00 bits per heavy atom. The number of hydrogen-bond acceptors (Lipinski definition) is 4. The summed E-state index contributed by atoms with van der Waals surface area (Å²) in [6, 6.07) is 5.43. The van der Waals surface area contributed by atoms with Crippen LogP contribution < -0.4 is 5.32 Å². The maximum atomic E-state index is 13.8. The lowest BCUT2D eigenvalue weighted by Crippen LogP contribution is -2.11. The number of carboxylic acid groups (broad SMARTS) is 1. The summed E-state index contributed by atoms with van der Waals surface area (Å²) in [4.78, 5) is 22.8. The van der Waals surface area contributed by atoms with Gasteiger partial charge in [-0.3, -0.25) is 9.59 Å². The van der Waals surface area contributed by atoms with Crippen molar-refractivity contribution in [2.75, 3.05) is 5.32 Å². The first-order valence-electron chi connectivity index (χ1n) is 7.72. The predicted molar refractivity (Wildman–Crippen MR) is 85.5 cm³/mol. The van der Waals surface area contributed by atoms with Crippen molar-refractivity contribution in [1.82, 2.24) is 5.16 Å². The molecule has 0 spiro atoms. The molecule has 0 aliphatic rings. The van der Waals surface area contributed by atoms with Crippen molar-refractivity contribution in [2.45, 2.75) is 39.0 Å². The molecule has 24 heavy (non-hydrogen) atoms. The highest BCUT2D eigenvalue weighted by Gasteiger charge is 2.18. The molecule has 128 valence electrons. The van der Waals surface area contributed by atoms with Crippen LogP contribution in [0.4, 0.5) is 10.1 Å². The molecule has 7 heteroatoms. The van der Waals surface area contributed by atoms with Gasteiger partial charge in [0, 0.05) is 17.7 Å². The number of aromatic nitrogens is 1. The standard InChI is InChI=1S/C17H19FN2O4/c1-3-10(4-2)14-9-15(24-20-14)17(23)19-12-6-5-11(7-16(21)22)13(18)8-12/h5-6,8-10H,3-4,7H2,1-2H3,(H,19,23)(H,21,22). The monoisotopic (exact) mass is 334 g/mol. The summed E-state index contributed by atoms with van der Waals surface area (Å²) in [6.07, 6.45) is 1.36. The number of carboxylic acids is 1. The minimum absolute atomic E-state index is 0.0481. The fourth-order valence-corrected chi connectivity index (χ4v) is 2.42. The average molecular weight is 334 g/mol. The zero-order valence-corrected chi connectivity index (χ0v) is 13.5. The first kappa shape index (κ1) is 17.7. The molecule has 1 heterocycles. The van der Waals surface area contributed by atoms with E-state index >= 15 is 0 Å². The molecule has 0 atom stereocenters. The summed E-state index contributed by atoms with van der Waals surface area (Å²) in [5.41, 5.74) is 0.983. The Hall–Kier alpha value is -2.70. The lowest BCUT2D eigenvalue weighted by atomic mass is 9.99. The number of carbonyl (C=O) groups is 2. The minimum Gasteiger partial charge on any atom is -0.481 e. The van der Waals surface area contributed by atoms with Crippen molar-refractivity contribution in [1.29, 1.82) is 0 Å². The molecule has 2 rings (SSSR count). The van der Waals surface area contributed by atoms with Crippen molar-refractivity contribution in [3.05, 3.63) is 47.1 Å². The third-order valence-electron chi connectivity index (χ3n) is 3.81. The number of nitrogens with one attached hydrogen (secondary N) is 1. The molecule has 0 radical (unpaired) electrons. The Kier molecular flexibility index (Phi) is 5.68. The van der Waals surface area contributed by atoms with Crippen LogP contribution in [-0.2, 0) is 11.2 Å². The van der Waals surface area contributed by atoms with Gasteiger partial charge in [0.1, 0.15) is 5.82 Å². The van der Waals surface area contributed by atoms with Crippen LogP contribution in [0.25, 0.3) is 0 Å². The molecular weight excluding hydrogens is 315 g/mol. The summed E-state index contributed by atoms with van der Waals surface area (Å²) in [5, 5.41) is 15.1. The molecule has 0 unspecified atom stereocenters. The molecule has 1 aromatic carbocycles. The number of benzene rings is 1. The van der Waals surface area contributed by atoms with E-state index in [0.717, 1.165) is 18.9 Å². The van der Waals surface area contributed by atoms with Gasteiger partial charge in [-0.2, -0.15) is 0 Å². The number of anilines is 1. The van der Waals surface area contributed by atoms with E-state index in [4.69, 9.17) is 9.63 Å². The minimum atomic E-state index is -1.12. The van der Waals surface area contributed by atoms with E-state index < -0.39 is 24.1 Å². The number of halogens is 1. The highest BCUT2D eigenvalue weighted by atomic mass is 19.1. The maximum Gasteiger partial charge on any atom is 0.307 e. The van der Waals surface area contributed by atoms with Crippen molar-refractivity contribution in [3.63, 3.8) is 0 Å². The van der Waals surface area contributed by atoms with Gasteiger partial charge in [-0.1, -0.05) is 25.1 Å². The van der Waals surface area contributed by atoms with E-state index in [1.807, 2.05) is 13.8 Å². The number of hydrogen-bond donors (Lipinski definition) is 2. The number of aliphatic carboxylic acids is 1. The quantitative estimate of drug-likeness (QED) is 0.807. The van der Waals surface area contributed by atoms with E-state index in [0.29, 0.717) is 5.69 Å². The van der Waals surface area contributed by atoms with Gasteiger partial charge in [-0.25, -0.2) is 4.39 Å². The molecule has 0 saturated heterocycles. The van der Waals surface area contributed by atoms with Crippen LogP contribution in [0.3, 0.4) is 0 Å². The summed E-state index contributed by atoms with van der Waals surface area (Å²) in [7, 11) is 0. The predicted octanol–water partition coefficient (Wildman–Crippen LogP) is 3.60. The SMILES string of the molecule is CCC(CC)c1cc(C(=O)Nc2ccc(CC(=O)O)c(F)c2)on1. The Balaban J connectivity index is 2.09. The molecule has 0 fully saturated rings. The number of nitrogens with zero attached hydrogens (tertiary/aromatic N) is 1. The molecule has 0 bridgehead atoms. The van der Waals surface area contributed by atoms with Crippen molar-refractivity contribution < 1.29 is 23.6 Å². The molecule has 6 nitrogen and oxygen atoms in total. The van der Waals surface area contributed by atoms with E-state index in [-0.39, 0.29) is 22.9 Å². The highest BCUT2D eigenvalue weighted by Crippen LogP contribution is 2.23. The third-order valence-corrected chi connectivity index (χ3v) is 3.81. The zero-order chi connectivity index (χ0) is 17.7. The smallest absolute Gasteiger partial charge is 0.307 e. The van der Waals surface area contributed by atoms with Gasteiger partial charge in [-0.05, 0) is 30.5 Å². The summed E-state index contributed by atoms with van der Waals surface area (Å²) in [5.74, 6) is -2.08. The number of amides is 1. The van der Waals surface area contributed by atoms with Crippen LogP contribution in [-0.4, -0.2) is 22.1 Å². The highest BCUT2D eigenvalue weighted by molar-refractivity contribution is 6.02. The average Bonchev–Trinajstić information content (AvgIpc) is 3.01. The van der Waals surface area contributed by atoms with E-state index in [1.165, 1.54) is 12.1 Å². The van der Waals surface area contributed by atoms with Gasteiger partial charge in [0.25, 0.3) is 5.91 Å². The maximum absolute atomic E-state index is 13.8. The van der Waals surface area contributed by atoms with E-state index in [2.05, 4.69) is 10.5 Å². The second kappa shape index (κ2) is 7.72. The Labute approximate surface area is 138 Å². The van der Waals surface area contributed by atoms with Gasteiger partial charge in [0.05, 0.1) is 12.1 Å². The molecule has 0 saturated carbocycles. The molecule has 0 aliphatic heterocycles. The molecule has 1 aromatic heterocycles. The number of rotatable bonds is 7. The van der Waals surface area contributed by atoms with Crippen LogP contribution in [0.15, 0.2) is 28.8 Å². The number of carbonyl (C=O) groups excluding carboxylic acids is 1. The van der Waals surface area contributed by atoms with Crippen LogP contribution in [0.1, 0.15) is 54.4 Å². The van der Waals surface area contributed by atoms with Gasteiger partial charge in [-0.15, -0.1) is 0 Å². The molecule has 2 N–H and O–H groups in total. The Bertz CT molecular complexity index is 738. The van der Waals surface area contributed by atoms with Gasteiger partial charge in [0.15, 0.2) is 0 Å². The Morgan fingerprint density at radius 3 is 2.58 bits per heavy atom. The largest absolute Gasteiger partial charge is 0.481 e. The lowest BCUT2D eigenvalue weighted by molar-refractivity contribution is -0.136. The van der Waals surface area contributed by atoms with Crippen LogP contribution in [0.5, 0.6) is 0 Å². The summed E-state index contributed by atoms with van der Waals surface area (Å²) >= 11 is 0. The van der Waals surface area contributed by atoms with E-state index in [9.17, 15) is 14.0 Å². The van der Waals surface area contributed by atoms with E-state index in [1.54, 1.807) is 6.07 Å². The summed E-state index contributed by atoms with van der Waals surface area (Å²) in [6.45, 7) is 4.06. The van der Waals surface area contributed by atoms with Gasteiger partial charge >= 0.3 is 5.97 Å². The molecular formula is C17H19FN2O4. The topological polar surface area (TPSA) is 92.4 Å².